The van der Waals surface area contributed by atoms with Gasteiger partial charge in [0, 0.05) is 47.5 Å². The molecule has 0 amide bonds. The Balaban J connectivity index is 1.45. The van der Waals surface area contributed by atoms with Gasteiger partial charge in [0.2, 0.25) is 5.79 Å². The zero-order chi connectivity index (χ0) is 25.4. The van der Waals surface area contributed by atoms with Gasteiger partial charge in [-0.05, 0) is 49.4 Å². The van der Waals surface area contributed by atoms with E-state index in [0.717, 1.165) is 37.7 Å². The number of ketones is 2. The first-order chi connectivity index (χ1) is 16.2. The van der Waals surface area contributed by atoms with Crippen molar-refractivity contribution in [3.63, 3.8) is 0 Å². The lowest BCUT2D eigenvalue weighted by Crippen LogP contribution is -2.60. The monoisotopic (exact) mass is 482 g/mol. The summed E-state index contributed by atoms with van der Waals surface area (Å²) >= 11 is 0. The molecule has 5 nitrogen and oxygen atoms in total. The Kier molecular flexibility index (Phi) is 4.56. The number of hydrogen-bond donors (Lipinski definition) is 0. The molecule has 4 fully saturated rings. The minimum Gasteiger partial charge on any atom is -0.433 e. The van der Waals surface area contributed by atoms with Crippen LogP contribution >= 0.6 is 0 Å². The summed E-state index contributed by atoms with van der Waals surface area (Å²) < 4.78 is 12.9. The van der Waals surface area contributed by atoms with E-state index >= 15 is 0 Å². The molecule has 2 saturated carbocycles. The molecular weight excluding hydrogens is 440 g/mol. The van der Waals surface area contributed by atoms with Gasteiger partial charge in [0.25, 0.3) is 0 Å². The van der Waals surface area contributed by atoms with Gasteiger partial charge in [-0.3, -0.25) is 14.4 Å². The summed E-state index contributed by atoms with van der Waals surface area (Å²) in [5.74, 6) is -0.0983. The molecule has 192 valence electrons. The van der Waals surface area contributed by atoms with Gasteiger partial charge in [-0.15, -0.1) is 0 Å². The van der Waals surface area contributed by atoms with Gasteiger partial charge >= 0.3 is 5.97 Å². The first kappa shape index (κ1) is 23.9. The molecule has 4 aliphatic carbocycles. The quantitative estimate of drug-likeness (QED) is 0.400. The number of Topliss-reactive ketones (excluding diaryl/α,β-unsaturated/α-hetero) is 2. The highest BCUT2D eigenvalue weighted by atomic mass is 16.7. The summed E-state index contributed by atoms with van der Waals surface area (Å²) in [6.45, 7) is 15.3. The van der Waals surface area contributed by atoms with Crippen LogP contribution < -0.4 is 0 Å². The van der Waals surface area contributed by atoms with E-state index in [2.05, 4.69) is 41.5 Å². The fourth-order valence-electron chi connectivity index (χ4n) is 10.5. The molecule has 0 N–H and O–H groups in total. The van der Waals surface area contributed by atoms with Gasteiger partial charge in [0.1, 0.15) is 5.78 Å². The molecule has 35 heavy (non-hydrogen) atoms. The van der Waals surface area contributed by atoms with Crippen LogP contribution in [0.4, 0.5) is 0 Å². The average molecular weight is 483 g/mol. The van der Waals surface area contributed by atoms with Crippen LogP contribution in [-0.4, -0.2) is 28.9 Å². The van der Waals surface area contributed by atoms with E-state index in [9.17, 15) is 14.4 Å². The third kappa shape index (κ3) is 2.57. The van der Waals surface area contributed by atoms with Crippen molar-refractivity contribution in [3.8, 4) is 0 Å². The Bertz CT molecular complexity index is 1090. The molecule has 0 aromatic carbocycles. The van der Waals surface area contributed by atoms with E-state index < -0.39 is 11.4 Å². The third-order valence-electron chi connectivity index (χ3n) is 12.5. The molecule has 6 rings (SSSR count). The summed E-state index contributed by atoms with van der Waals surface area (Å²) in [5, 5.41) is 0. The molecule has 8 atom stereocenters. The number of esters is 1. The highest BCUT2D eigenvalue weighted by molar-refractivity contribution is 6.00. The average Bonchev–Trinajstić information content (AvgIpc) is 3.29. The van der Waals surface area contributed by atoms with Crippen LogP contribution in [0.25, 0.3) is 0 Å². The third-order valence-corrected chi connectivity index (χ3v) is 12.5. The number of rotatable bonds is 0. The van der Waals surface area contributed by atoms with Crippen molar-refractivity contribution in [2.75, 3.05) is 0 Å². The zero-order valence-corrected chi connectivity index (χ0v) is 22.6. The van der Waals surface area contributed by atoms with Crippen LogP contribution in [-0.2, 0) is 23.9 Å². The van der Waals surface area contributed by atoms with E-state index in [4.69, 9.17) is 9.47 Å². The number of carbonyl (C=O) groups excluding carboxylic acids is 3. The molecular formula is C30H42O5. The second-order valence-electron chi connectivity index (χ2n) is 14.3. The van der Waals surface area contributed by atoms with E-state index in [0.29, 0.717) is 31.5 Å². The van der Waals surface area contributed by atoms with Gasteiger partial charge < -0.3 is 9.47 Å². The fourth-order valence-corrected chi connectivity index (χ4v) is 10.5. The van der Waals surface area contributed by atoms with Crippen molar-refractivity contribution < 1.29 is 23.9 Å². The summed E-state index contributed by atoms with van der Waals surface area (Å²) in [4.78, 5) is 39.5. The van der Waals surface area contributed by atoms with E-state index in [1.54, 1.807) is 0 Å². The molecule has 0 aromatic heterocycles. The second kappa shape index (κ2) is 6.68. The summed E-state index contributed by atoms with van der Waals surface area (Å²) in [6.07, 6.45) is 6.89. The first-order valence-electron chi connectivity index (χ1n) is 13.9. The highest BCUT2D eigenvalue weighted by Gasteiger charge is 2.75. The Hall–Kier alpha value is -1.49. The molecule has 5 heteroatoms. The molecule has 0 radical (unpaired) electrons. The van der Waals surface area contributed by atoms with Crippen LogP contribution in [0.5, 0.6) is 0 Å². The maximum absolute atomic E-state index is 14.3. The standard InChI is InChI=1S/C30H42O5/c1-17-14-29(34-24(17)33)15-18(2)30(35-29)13-12-27(6)19-8-9-21-25(3,4)22(32)10-11-26(21,5)23(19)20(31)16-28(27,30)7/h17-18,21H,8-16H2,1-7H3/t17-,18-,21+,26+,27+,28+,29+,30-/m1/s1. The molecule has 2 spiro atoms. The van der Waals surface area contributed by atoms with Crippen LogP contribution in [0.1, 0.15) is 106 Å². The van der Waals surface area contributed by atoms with Crippen LogP contribution in [0.3, 0.4) is 0 Å². The Morgan fingerprint density at radius 3 is 2.26 bits per heavy atom. The van der Waals surface area contributed by atoms with Gasteiger partial charge in [-0.2, -0.15) is 0 Å². The van der Waals surface area contributed by atoms with E-state index in [-0.39, 0.29) is 51.2 Å². The van der Waals surface area contributed by atoms with Gasteiger partial charge in [-0.25, -0.2) is 0 Å². The minimum atomic E-state index is -0.834. The normalized spacial score (nSPS) is 52.7. The summed E-state index contributed by atoms with van der Waals surface area (Å²) in [6, 6.07) is 0. The molecule has 2 heterocycles. The summed E-state index contributed by atoms with van der Waals surface area (Å²) in [5.41, 5.74) is 0.840. The number of ether oxygens (including phenoxy) is 2. The van der Waals surface area contributed by atoms with Crippen molar-refractivity contribution in [3.05, 3.63) is 11.1 Å². The Morgan fingerprint density at radius 2 is 1.60 bits per heavy atom. The number of fused-ring (bicyclic) bond motifs is 5. The minimum absolute atomic E-state index is 0.135. The van der Waals surface area contributed by atoms with Crippen LogP contribution in [0.2, 0.25) is 0 Å². The predicted octanol–water partition coefficient (Wildman–Crippen LogP) is 5.94. The van der Waals surface area contributed by atoms with Gasteiger partial charge in [0.05, 0.1) is 11.5 Å². The fraction of sp³-hybridized carbons (Fsp3) is 0.833. The number of carbonyl (C=O) groups is 3. The van der Waals surface area contributed by atoms with Crippen molar-refractivity contribution >= 4 is 17.5 Å². The van der Waals surface area contributed by atoms with Crippen LogP contribution in [0, 0.1) is 39.4 Å². The second-order valence-corrected chi connectivity index (χ2v) is 14.3. The molecule has 6 aliphatic rings. The number of allylic oxidation sites excluding steroid dienone is 2. The molecule has 2 saturated heterocycles. The lowest BCUT2D eigenvalue weighted by molar-refractivity contribution is -0.254. The van der Waals surface area contributed by atoms with Gasteiger partial charge in [0.15, 0.2) is 5.78 Å². The van der Waals surface area contributed by atoms with Crippen molar-refractivity contribution in [2.24, 2.45) is 39.4 Å². The lowest BCUT2D eigenvalue weighted by Gasteiger charge is -2.61. The van der Waals surface area contributed by atoms with Crippen molar-refractivity contribution in [1.29, 1.82) is 0 Å². The SMILES string of the molecule is C[C@@H]1C[C@]2(C[C@@H](C)[C@@]3(CC[C@@]4(C)C5=C(C(=O)C[C@@]43C)[C@@]3(C)CCC(=O)C(C)(C)[C@@H]3CC5)O2)OC1=O. The first-order valence-corrected chi connectivity index (χ1v) is 13.9. The van der Waals surface area contributed by atoms with E-state index in [1.165, 1.54) is 5.57 Å². The Morgan fingerprint density at radius 1 is 0.886 bits per heavy atom. The topological polar surface area (TPSA) is 69.7 Å². The predicted molar refractivity (Wildman–Crippen MR) is 131 cm³/mol. The maximum atomic E-state index is 14.3. The highest BCUT2D eigenvalue weighted by Crippen LogP contribution is 2.75. The van der Waals surface area contributed by atoms with Crippen molar-refractivity contribution in [2.45, 2.75) is 118 Å². The molecule has 2 aliphatic heterocycles. The van der Waals surface area contributed by atoms with E-state index in [1.807, 2.05) is 6.92 Å². The maximum Gasteiger partial charge on any atom is 0.311 e. The largest absolute Gasteiger partial charge is 0.433 e. The smallest absolute Gasteiger partial charge is 0.311 e. The van der Waals surface area contributed by atoms with Crippen LogP contribution in [0.15, 0.2) is 11.1 Å². The van der Waals surface area contributed by atoms with Gasteiger partial charge in [-0.1, -0.05) is 54.0 Å². The summed E-state index contributed by atoms with van der Waals surface area (Å²) in [7, 11) is 0. The zero-order valence-electron chi connectivity index (χ0n) is 22.6. The van der Waals surface area contributed by atoms with Crippen molar-refractivity contribution in [1.82, 2.24) is 0 Å². The molecule has 0 unspecified atom stereocenters. The molecule has 0 bridgehead atoms. The Labute approximate surface area is 209 Å². The lowest BCUT2D eigenvalue weighted by atomic mass is 9.43. The molecule has 0 aromatic rings. The number of hydrogen-bond acceptors (Lipinski definition) is 5.